The zero-order chi connectivity index (χ0) is 17.3. The molecule has 3 rings (SSSR count). The topological polar surface area (TPSA) is 29.1 Å². The molecule has 0 saturated heterocycles. The van der Waals surface area contributed by atoms with Gasteiger partial charge < -0.3 is 5.32 Å². The SMILES string of the molecule is CC1(C(NC(=O)C2CCCC2)c2c(F)ccc(Cl)c2Cl)CCCC1. The largest absolute Gasteiger partial charge is 0.348 e. The number of amides is 1. The quantitative estimate of drug-likeness (QED) is 0.640. The van der Waals surface area contributed by atoms with Crippen molar-refractivity contribution >= 4 is 29.1 Å². The zero-order valence-electron chi connectivity index (χ0n) is 14.0. The van der Waals surface area contributed by atoms with Gasteiger partial charge in [-0.3, -0.25) is 4.79 Å². The van der Waals surface area contributed by atoms with Crippen LogP contribution < -0.4 is 5.32 Å². The first kappa shape index (κ1) is 18.0. The first-order valence-corrected chi connectivity index (χ1v) is 9.62. The van der Waals surface area contributed by atoms with Crippen molar-refractivity contribution in [3.8, 4) is 0 Å². The standard InChI is InChI=1S/C19H24Cl2FNO/c1-19(10-4-5-11-19)17(23-18(24)12-6-2-3-7-12)15-14(22)9-8-13(20)16(15)21/h8-9,12,17H,2-7,10-11H2,1H3,(H,23,24). The van der Waals surface area contributed by atoms with Gasteiger partial charge >= 0.3 is 0 Å². The fourth-order valence-corrected chi connectivity index (χ4v) is 4.75. The molecule has 1 atom stereocenters. The van der Waals surface area contributed by atoms with Gasteiger partial charge in [-0.25, -0.2) is 4.39 Å². The van der Waals surface area contributed by atoms with Crippen LogP contribution in [0.5, 0.6) is 0 Å². The summed E-state index contributed by atoms with van der Waals surface area (Å²) in [6.07, 6.45) is 8.09. The van der Waals surface area contributed by atoms with Gasteiger partial charge in [0.1, 0.15) is 5.82 Å². The van der Waals surface area contributed by atoms with Crippen LogP contribution in [0.15, 0.2) is 12.1 Å². The highest BCUT2D eigenvalue weighted by atomic mass is 35.5. The van der Waals surface area contributed by atoms with Gasteiger partial charge in [-0.1, -0.05) is 55.8 Å². The van der Waals surface area contributed by atoms with E-state index >= 15 is 0 Å². The molecule has 1 unspecified atom stereocenters. The lowest BCUT2D eigenvalue weighted by molar-refractivity contribution is -0.126. The summed E-state index contributed by atoms with van der Waals surface area (Å²) >= 11 is 12.5. The molecule has 2 nitrogen and oxygen atoms in total. The molecular formula is C19H24Cl2FNO. The first-order chi connectivity index (χ1) is 11.4. The van der Waals surface area contributed by atoms with Crippen molar-refractivity contribution in [1.29, 1.82) is 0 Å². The lowest BCUT2D eigenvalue weighted by atomic mass is 9.76. The maximum atomic E-state index is 14.6. The minimum absolute atomic E-state index is 0.0288. The zero-order valence-corrected chi connectivity index (χ0v) is 15.5. The lowest BCUT2D eigenvalue weighted by Gasteiger charge is -2.36. The molecule has 0 heterocycles. The highest BCUT2D eigenvalue weighted by Gasteiger charge is 2.42. The first-order valence-electron chi connectivity index (χ1n) is 8.86. The van der Waals surface area contributed by atoms with Gasteiger partial charge in [0.25, 0.3) is 0 Å². The predicted octanol–water partition coefficient (Wildman–Crippen LogP) is 6.06. The van der Waals surface area contributed by atoms with E-state index in [1.807, 2.05) is 0 Å². The molecule has 0 radical (unpaired) electrons. The molecule has 1 aromatic carbocycles. The maximum absolute atomic E-state index is 14.6. The minimum Gasteiger partial charge on any atom is -0.348 e. The van der Waals surface area contributed by atoms with Crippen LogP contribution in [0.1, 0.15) is 69.9 Å². The third-order valence-corrected chi connectivity index (χ3v) is 6.64. The third kappa shape index (κ3) is 3.43. The van der Waals surface area contributed by atoms with Gasteiger partial charge in [-0.2, -0.15) is 0 Å². The van der Waals surface area contributed by atoms with E-state index in [1.165, 1.54) is 12.1 Å². The molecular weight excluding hydrogens is 348 g/mol. The summed E-state index contributed by atoms with van der Waals surface area (Å²) in [5.41, 5.74) is 0.156. The maximum Gasteiger partial charge on any atom is 0.223 e. The van der Waals surface area contributed by atoms with Gasteiger partial charge in [-0.05, 0) is 43.2 Å². The Bertz CT molecular complexity index is 622. The van der Waals surface area contributed by atoms with Gasteiger partial charge in [0.05, 0.1) is 16.1 Å². The predicted molar refractivity (Wildman–Crippen MR) is 95.8 cm³/mol. The Hall–Kier alpha value is -0.800. The number of carbonyl (C=O) groups is 1. The van der Waals surface area contributed by atoms with Gasteiger partial charge in [-0.15, -0.1) is 0 Å². The van der Waals surface area contributed by atoms with E-state index in [4.69, 9.17) is 23.2 Å². The molecule has 24 heavy (non-hydrogen) atoms. The molecule has 1 aromatic rings. The van der Waals surface area contributed by atoms with Crippen LogP contribution in [0.4, 0.5) is 4.39 Å². The van der Waals surface area contributed by atoms with Gasteiger partial charge in [0.2, 0.25) is 5.91 Å². The van der Waals surface area contributed by atoms with Crippen LogP contribution in [-0.2, 0) is 4.79 Å². The second kappa shape index (κ2) is 7.21. The van der Waals surface area contributed by atoms with Crippen molar-refractivity contribution in [2.75, 3.05) is 0 Å². The molecule has 0 bridgehead atoms. The Morgan fingerprint density at radius 3 is 2.46 bits per heavy atom. The Balaban J connectivity index is 1.96. The van der Waals surface area contributed by atoms with E-state index in [0.717, 1.165) is 51.4 Å². The second-order valence-corrected chi connectivity index (χ2v) is 8.33. The third-order valence-electron chi connectivity index (χ3n) is 5.82. The average Bonchev–Trinajstić information content (AvgIpc) is 3.22. The lowest BCUT2D eigenvalue weighted by Crippen LogP contribution is -2.41. The molecule has 2 aliphatic carbocycles. The summed E-state index contributed by atoms with van der Waals surface area (Å²) in [5, 5.41) is 3.70. The van der Waals surface area contributed by atoms with Crippen LogP contribution in [0.3, 0.4) is 0 Å². The summed E-state index contributed by atoms with van der Waals surface area (Å²) in [4.78, 5) is 12.7. The highest BCUT2D eigenvalue weighted by molar-refractivity contribution is 6.42. The molecule has 0 spiro atoms. The van der Waals surface area contributed by atoms with E-state index in [0.29, 0.717) is 10.6 Å². The molecule has 0 aromatic heterocycles. The summed E-state index contributed by atoms with van der Waals surface area (Å²) < 4.78 is 14.6. The summed E-state index contributed by atoms with van der Waals surface area (Å²) in [6, 6.07) is 2.38. The van der Waals surface area contributed by atoms with Crippen LogP contribution in [0, 0.1) is 17.2 Å². The molecule has 0 aliphatic heterocycles. The summed E-state index contributed by atoms with van der Waals surface area (Å²) in [7, 11) is 0. The number of carbonyl (C=O) groups excluding carboxylic acids is 1. The smallest absolute Gasteiger partial charge is 0.223 e. The molecule has 1 N–H and O–H groups in total. The number of halogens is 3. The average molecular weight is 372 g/mol. The molecule has 2 fully saturated rings. The van der Waals surface area contributed by atoms with Gasteiger partial charge in [0.15, 0.2) is 0 Å². The van der Waals surface area contributed by atoms with E-state index in [1.54, 1.807) is 0 Å². The fraction of sp³-hybridized carbons (Fsp3) is 0.632. The minimum atomic E-state index is -0.431. The Morgan fingerprint density at radius 1 is 1.21 bits per heavy atom. The van der Waals surface area contributed by atoms with Crippen molar-refractivity contribution in [3.05, 3.63) is 33.6 Å². The van der Waals surface area contributed by atoms with Crippen LogP contribution in [0.25, 0.3) is 0 Å². The van der Waals surface area contributed by atoms with Gasteiger partial charge in [0, 0.05) is 11.5 Å². The second-order valence-electron chi connectivity index (χ2n) is 7.54. The fourth-order valence-electron chi connectivity index (χ4n) is 4.32. The van der Waals surface area contributed by atoms with Crippen LogP contribution in [0.2, 0.25) is 10.0 Å². The monoisotopic (exact) mass is 371 g/mol. The van der Waals surface area contributed by atoms with E-state index in [2.05, 4.69) is 12.2 Å². The number of nitrogens with one attached hydrogen (secondary N) is 1. The van der Waals surface area contributed by atoms with Crippen LogP contribution in [-0.4, -0.2) is 5.91 Å². The van der Waals surface area contributed by atoms with Crippen LogP contribution >= 0.6 is 23.2 Å². The Labute approximate surface area is 153 Å². The number of rotatable bonds is 4. The van der Waals surface area contributed by atoms with Crippen molar-refractivity contribution in [3.63, 3.8) is 0 Å². The Morgan fingerprint density at radius 2 is 1.83 bits per heavy atom. The Kier molecular flexibility index (Phi) is 5.41. The molecule has 1 amide bonds. The van der Waals surface area contributed by atoms with Crippen molar-refractivity contribution in [1.82, 2.24) is 5.32 Å². The number of benzene rings is 1. The van der Waals surface area contributed by atoms with Crippen molar-refractivity contribution < 1.29 is 9.18 Å². The number of hydrogen-bond acceptors (Lipinski definition) is 1. The van der Waals surface area contributed by atoms with Crippen molar-refractivity contribution in [2.24, 2.45) is 11.3 Å². The molecule has 2 saturated carbocycles. The molecule has 5 heteroatoms. The van der Waals surface area contributed by atoms with E-state index in [9.17, 15) is 9.18 Å². The number of hydrogen-bond donors (Lipinski definition) is 1. The highest BCUT2D eigenvalue weighted by Crippen LogP contribution is 2.50. The van der Waals surface area contributed by atoms with E-state index < -0.39 is 11.9 Å². The summed E-state index contributed by atoms with van der Waals surface area (Å²) in [5.74, 6) is -0.325. The van der Waals surface area contributed by atoms with Crippen molar-refractivity contribution in [2.45, 2.75) is 64.3 Å². The van der Waals surface area contributed by atoms with E-state index in [-0.39, 0.29) is 22.3 Å². The molecule has 2 aliphatic rings. The summed E-state index contributed by atoms with van der Waals surface area (Å²) in [6.45, 7) is 2.12. The molecule has 132 valence electrons. The normalized spacial score (nSPS) is 21.8.